The van der Waals surface area contributed by atoms with Gasteiger partial charge in [0.05, 0.1) is 12.7 Å². The molecule has 0 aliphatic carbocycles. The predicted molar refractivity (Wildman–Crippen MR) is 49.4 cm³/mol. The molecule has 0 radical (unpaired) electrons. The van der Waals surface area contributed by atoms with Crippen LogP contribution >= 0.6 is 0 Å². The number of β-amino-alcohol motifs (C(OH)–C–C–N with tert-alkyl or cyclic N) is 2. The number of piperidine rings is 1. The molecule has 0 aromatic carbocycles. The highest BCUT2D eigenvalue weighted by atomic mass is 16.3. The summed E-state index contributed by atoms with van der Waals surface area (Å²) in [5.41, 5.74) is -0.951. The van der Waals surface area contributed by atoms with E-state index in [1.165, 1.54) is 0 Å². The van der Waals surface area contributed by atoms with Crippen molar-refractivity contribution >= 4 is 0 Å². The molecule has 2 unspecified atom stereocenters. The topological polar surface area (TPSA) is 63.9 Å². The van der Waals surface area contributed by atoms with E-state index in [0.717, 1.165) is 13.0 Å². The van der Waals surface area contributed by atoms with E-state index in [4.69, 9.17) is 10.2 Å². The van der Waals surface area contributed by atoms with Crippen molar-refractivity contribution < 1.29 is 15.3 Å². The highest BCUT2D eigenvalue weighted by molar-refractivity contribution is 4.86. The Labute approximate surface area is 78.8 Å². The first-order valence-corrected chi connectivity index (χ1v) is 4.79. The van der Waals surface area contributed by atoms with Gasteiger partial charge in [-0.15, -0.1) is 0 Å². The predicted octanol–water partition coefficient (Wildman–Crippen LogP) is -0.814. The zero-order valence-electron chi connectivity index (χ0n) is 8.11. The van der Waals surface area contributed by atoms with Crippen molar-refractivity contribution in [3.05, 3.63) is 0 Å². The van der Waals surface area contributed by atoms with Crippen molar-refractivity contribution in [2.75, 3.05) is 26.2 Å². The number of likely N-dealkylation sites (tertiary alicyclic amines) is 1. The fourth-order valence-electron chi connectivity index (χ4n) is 1.86. The van der Waals surface area contributed by atoms with Crippen LogP contribution in [0.2, 0.25) is 0 Å². The summed E-state index contributed by atoms with van der Waals surface area (Å²) in [6, 6.07) is 0. The Bertz CT molecular complexity index is 163. The molecule has 0 bridgehead atoms. The quantitative estimate of drug-likeness (QED) is 0.543. The molecule has 4 heteroatoms. The van der Waals surface area contributed by atoms with E-state index >= 15 is 0 Å². The first-order chi connectivity index (χ1) is 6.06. The van der Waals surface area contributed by atoms with Crippen LogP contribution in [-0.2, 0) is 0 Å². The molecule has 4 nitrogen and oxygen atoms in total. The van der Waals surface area contributed by atoms with Gasteiger partial charge in [-0.05, 0) is 26.3 Å². The van der Waals surface area contributed by atoms with Crippen molar-refractivity contribution in [1.82, 2.24) is 4.90 Å². The Morgan fingerprint density at radius 1 is 1.54 bits per heavy atom. The van der Waals surface area contributed by atoms with Gasteiger partial charge in [-0.1, -0.05) is 0 Å². The van der Waals surface area contributed by atoms with Gasteiger partial charge < -0.3 is 15.3 Å². The van der Waals surface area contributed by atoms with Crippen LogP contribution in [0.5, 0.6) is 0 Å². The zero-order valence-corrected chi connectivity index (χ0v) is 8.11. The standard InChI is InChI=1S/C9H19NO3/c1-8(12)5-10-4-2-3-9(13,6-10)7-11/h8,11-13H,2-7H2,1H3. The van der Waals surface area contributed by atoms with Gasteiger partial charge in [-0.2, -0.15) is 0 Å². The third-order valence-corrected chi connectivity index (χ3v) is 2.45. The Morgan fingerprint density at radius 2 is 2.23 bits per heavy atom. The molecule has 1 aliphatic heterocycles. The van der Waals surface area contributed by atoms with Gasteiger partial charge in [0.2, 0.25) is 0 Å². The molecule has 1 aliphatic rings. The lowest BCUT2D eigenvalue weighted by Gasteiger charge is -2.38. The van der Waals surface area contributed by atoms with E-state index in [9.17, 15) is 5.11 Å². The van der Waals surface area contributed by atoms with Crippen LogP contribution in [0, 0.1) is 0 Å². The van der Waals surface area contributed by atoms with Crippen molar-refractivity contribution in [3.8, 4) is 0 Å². The SMILES string of the molecule is CC(O)CN1CCCC(O)(CO)C1. The fourth-order valence-corrected chi connectivity index (χ4v) is 1.86. The summed E-state index contributed by atoms with van der Waals surface area (Å²) in [4.78, 5) is 1.99. The second-order valence-corrected chi connectivity index (χ2v) is 4.07. The number of rotatable bonds is 3. The molecule has 13 heavy (non-hydrogen) atoms. The highest BCUT2D eigenvalue weighted by Crippen LogP contribution is 2.20. The smallest absolute Gasteiger partial charge is 0.100 e. The van der Waals surface area contributed by atoms with E-state index in [1.54, 1.807) is 6.92 Å². The minimum absolute atomic E-state index is 0.191. The average Bonchev–Trinajstić information content (AvgIpc) is 2.03. The molecule has 0 aromatic rings. The number of nitrogens with zero attached hydrogens (tertiary/aromatic N) is 1. The summed E-state index contributed by atoms with van der Waals surface area (Å²) in [7, 11) is 0. The molecule has 1 fully saturated rings. The number of hydrogen-bond acceptors (Lipinski definition) is 4. The van der Waals surface area contributed by atoms with E-state index < -0.39 is 5.60 Å². The van der Waals surface area contributed by atoms with Crippen molar-refractivity contribution in [3.63, 3.8) is 0 Å². The fraction of sp³-hybridized carbons (Fsp3) is 1.00. The van der Waals surface area contributed by atoms with Gasteiger partial charge in [0.25, 0.3) is 0 Å². The number of hydrogen-bond donors (Lipinski definition) is 3. The third-order valence-electron chi connectivity index (χ3n) is 2.45. The lowest BCUT2D eigenvalue weighted by molar-refractivity contribution is -0.0724. The van der Waals surface area contributed by atoms with Gasteiger partial charge >= 0.3 is 0 Å². The minimum Gasteiger partial charge on any atom is -0.393 e. The Morgan fingerprint density at radius 3 is 2.77 bits per heavy atom. The highest BCUT2D eigenvalue weighted by Gasteiger charge is 2.32. The second-order valence-electron chi connectivity index (χ2n) is 4.07. The largest absolute Gasteiger partial charge is 0.393 e. The van der Waals surface area contributed by atoms with E-state index in [2.05, 4.69) is 0 Å². The molecule has 3 N–H and O–H groups in total. The summed E-state index contributed by atoms with van der Waals surface area (Å²) in [6.07, 6.45) is 1.16. The van der Waals surface area contributed by atoms with Crippen molar-refractivity contribution in [1.29, 1.82) is 0 Å². The van der Waals surface area contributed by atoms with E-state index in [1.807, 2.05) is 4.90 Å². The summed E-state index contributed by atoms with van der Waals surface area (Å²) in [5, 5.41) is 27.9. The minimum atomic E-state index is -0.951. The van der Waals surface area contributed by atoms with Crippen LogP contribution in [0.15, 0.2) is 0 Å². The van der Waals surface area contributed by atoms with Crippen LogP contribution in [0.1, 0.15) is 19.8 Å². The maximum atomic E-state index is 9.79. The lowest BCUT2D eigenvalue weighted by Crippen LogP contribution is -2.51. The summed E-state index contributed by atoms with van der Waals surface area (Å²) < 4.78 is 0. The monoisotopic (exact) mass is 189 g/mol. The van der Waals surface area contributed by atoms with Crippen LogP contribution in [-0.4, -0.2) is 58.2 Å². The molecule has 1 saturated heterocycles. The van der Waals surface area contributed by atoms with Crippen LogP contribution in [0.3, 0.4) is 0 Å². The molecule has 2 atom stereocenters. The molecule has 0 amide bonds. The molecule has 0 spiro atoms. The molecule has 1 heterocycles. The van der Waals surface area contributed by atoms with Gasteiger partial charge in [0.1, 0.15) is 5.60 Å². The maximum Gasteiger partial charge on any atom is 0.100 e. The van der Waals surface area contributed by atoms with Crippen LogP contribution in [0.25, 0.3) is 0 Å². The second kappa shape index (κ2) is 4.37. The molecule has 0 saturated carbocycles. The van der Waals surface area contributed by atoms with E-state index in [0.29, 0.717) is 19.5 Å². The third kappa shape index (κ3) is 3.23. The summed E-state index contributed by atoms with van der Waals surface area (Å²) in [6.45, 7) is 3.47. The van der Waals surface area contributed by atoms with Crippen LogP contribution < -0.4 is 0 Å². The van der Waals surface area contributed by atoms with Gasteiger partial charge in [0, 0.05) is 13.1 Å². The van der Waals surface area contributed by atoms with Crippen LogP contribution in [0.4, 0.5) is 0 Å². The first-order valence-electron chi connectivity index (χ1n) is 4.79. The summed E-state index contributed by atoms with van der Waals surface area (Å²) in [5.74, 6) is 0. The maximum absolute atomic E-state index is 9.79. The molecule has 1 rings (SSSR count). The molecular formula is C9H19NO3. The Kier molecular flexibility index (Phi) is 3.67. The van der Waals surface area contributed by atoms with Crippen molar-refractivity contribution in [2.45, 2.75) is 31.5 Å². The van der Waals surface area contributed by atoms with Gasteiger partial charge in [0.15, 0.2) is 0 Å². The first kappa shape index (κ1) is 10.9. The Balaban J connectivity index is 2.42. The normalized spacial score (nSPS) is 33.2. The van der Waals surface area contributed by atoms with E-state index in [-0.39, 0.29) is 12.7 Å². The number of aliphatic hydroxyl groups excluding tert-OH is 2. The summed E-state index contributed by atoms with van der Waals surface area (Å²) >= 11 is 0. The average molecular weight is 189 g/mol. The molecular weight excluding hydrogens is 170 g/mol. The lowest BCUT2D eigenvalue weighted by atomic mass is 9.94. The molecule has 0 aromatic heterocycles. The molecule has 78 valence electrons. The van der Waals surface area contributed by atoms with Gasteiger partial charge in [-0.25, -0.2) is 0 Å². The zero-order chi connectivity index (χ0) is 9.90. The number of aliphatic hydroxyl groups is 3. The Hall–Kier alpha value is -0.160. The van der Waals surface area contributed by atoms with Gasteiger partial charge in [-0.3, -0.25) is 4.90 Å². The van der Waals surface area contributed by atoms with Crippen molar-refractivity contribution in [2.24, 2.45) is 0 Å².